The van der Waals surface area contributed by atoms with Crippen molar-refractivity contribution in [3.05, 3.63) is 23.8 Å². The van der Waals surface area contributed by atoms with Crippen LogP contribution in [0.1, 0.15) is 25.3 Å². The number of benzene rings is 1. The van der Waals surface area contributed by atoms with E-state index in [-0.39, 0.29) is 59.6 Å². The van der Waals surface area contributed by atoms with E-state index in [0.29, 0.717) is 5.56 Å². The maximum Gasteiger partial charge on any atom is 0.327 e. The molecule has 0 saturated carbocycles. The van der Waals surface area contributed by atoms with Gasteiger partial charge in [0.05, 0.1) is 0 Å². The van der Waals surface area contributed by atoms with Gasteiger partial charge in [-0.15, -0.1) is 17.0 Å². The molecule has 1 fully saturated rings. The van der Waals surface area contributed by atoms with Crippen LogP contribution in [0.5, 0.6) is 11.5 Å². The molecule has 0 radical (unpaired) electrons. The number of nitrogens with two attached hydrogens (primary N) is 1. The van der Waals surface area contributed by atoms with Crippen LogP contribution in [0.4, 0.5) is 0 Å². The molecule has 0 unspecified atom stereocenters. The van der Waals surface area contributed by atoms with E-state index in [9.17, 15) is 24.6 Å². The van der Waals surface area contributed by atoms with Gasteiger partial charge in [-0.2, -0.15) is 0 Å². The average Bonchev–Trinajstić information content (AvgIpc) is 2.79. The number of nitrogens with zero attached hydrogens (tertiary/aromatic N) is 1. The van der Waals surface area contributed by atoms with Crippen molar-refractivity contribution in [1.29, 1.82) is 0 Å². The molecule has 132 valence electrons. The Labute approximate surface area is 149 Å². The normalized spacial score (nSPS) is 16.5. The number of phenolic OH excluding ortho intramolecular Hbond substituents is 2. The zero-order valence-electron chi connectivity index (χ0n) is 13.0. The molecular weight excluding hydrogens is 384 g/mol. The lowest BCUT2D eigenvalue weighted by Crippen LogP contribution is -2.49. The Kier molecular flexibility index (Phi) is 6.33. The topological polar surface area (TPSA) is 130 Å². The highest BCUT2D eigenvalue weighted by molar-refractivity contribution is 8.93. The van der Waals surface area contributed by atoms with Crippen molar-refractivity contribution in [2.75, 3.05) is 6.73 Å². The van der Waals surface area contributed by atoms with Gasteiger partial charge in [-0.25, -0.2) is 9.69 Å². The zero-order chi connectivity index (χ0) is 17.2. The first kappa shape index (κ1) is 19.9. The minimum absolute atomic E-state index is 0. The van der Waals surface area contributed by atoms with Crippen molar-refractivity contribution in [2.45, 2.75) is 31.7 Å². The number of likely N-dealkylation sites (tertiary alicyclic amines) is 1. The molecule has 1 aromatic rings. The van der Waals surface area contributed by atoms with E-state index in [0.717, 1.165) is 4.90 Å². The summed E-state index contributed by atoms with van der Waals surface area (Å²) < 4.78 is 4.97. The molecule has 2 amide bonds. The van der Waals surface area contributed by atoms with Gasteiger partial charge in [-0.1, -0.05) is 6.07 Å². The third-order valence-electron chi connectivity index (χ3n) is 3.56. The smallest absolute Gasteiger partial charge is 0.327 e. The molecular formula is C15H19BrN2O6. The number of ether oxygens (including phenoxy) is 1. The first-order valence-corrected chi connectivity index (χ1v) is 7.01. The summed E-state index contributed by atoms with van der Waals surface area (Å²) in [6.45, 7) is 0.983. The number of phenols is 2. The Morgan fingerprint density at radius 1 is 1.25 bits per heavy atom. The number of rotatable bonds is 5. The summed E-state index contributed by atoms with van der Waals surface area (Å²) in [6, 6.07) is 4.09. The van der Waals surface area contributed by atoms with Gasteiger partial charge in [0.1, 0.15) is 5.54 Å². The Morgan fingerprint density at radius 3 is 2.38 bits per heavy atom. The van der Waals surface area contributed by atoms with Gasteiger partial charge in [0, 0.05) is 19.3 Å². The Morgan fingerprint density at radius 2 is 1.83 bits per heavy atom. The van der Waals surface area contributed by atoms with Crippen molar-refractivity contribution >= 4 is 34.8 Å². The lowest BCUT2D eigenvalue weighted by atomic mass is 9.94. The average molecular weight is 403 g/mol. The number of hydrogen-bond acceptors (Lipinski definition) is 7. The highest BCUT2D eigenvalue weighted by Gasteiger charge is 2.34. The fourth-order valence-corrected chi connectivity index (χ4v) is 2.23. The largest absolute Gasteiger partial charge is 0.504 e. The molecule has 2 rings (SSSR count). The maximum atomic E-state index is 12.1. The van der Waals surface area contributed by atoms with Crippen molar-refractivity contribution in [3.8, 4) is 11.5 Å². The van der Waals surface area contributed by atoms with Gasteiger partial charge in [-0.05, 0) is 24.6 Å². The highest BCUT2D eigenvalue weighted by atomic mass is 79.9. The third kappa shape index (κ3) is 4.45. The lowest BCUT2D eigenvalue weighted by Gasteiger charge is -2.24. The minimum Gasteiger partial charge on any atom is -0.504 e. The van der Waals surface area contributed by atoms with Gasteiger partial charge >= 0.3 is 5.97 Å². The second-order valence-corrected chi connectivity index (χ2v) is 5.69. The Balaban J connectivity index is 0.00000288. The van der Waals surface area contributed by atoms with Crippen LogP contribution < -0.4 is 5.73 Å². The molecule has 0 bridgehead atoms. The monoisotopic (exact) mass is 402 g/mol. The summed E-state index contributed by atoms with van der Waals surface area (Å²) in [7, 11) is 0. The predicted molar refractivity (Wildman–Crippen MR) is 88.4 cm³/mol. The van der Waals surface area contributed by atoms with E-state index >= 15 is 0 Å². The lowest BCUT2D eigenvalue weighted by molar-refractivity contribution is -0.159. The quantitative estimate of drug-likeness (QED) is 0.373. The van der Waals surface area contributed by atoms with Gasteiger partial charge in [0.25, 0.3) is 0 Å². The molecule has 1 aliphatic heterocycles. The number of imide groups is 1. The van der Waals surface area contributed by atoms with Crippen LogP contribution in [-0.4, -0.2) is 45.2 Å². The summed E-state index contributed by atoms with van der Waals surface area (Å²) in [4.78, 5) is 35.8. The van der Waals surface area contributed by atoms with Gasteiger partial charge < -0.3 is 20.7 Å². The molecule has 24 heavy (non-hydrogen) atoms. The first-order valence-electron chi connectivity index (χ1n) is 7.01. The van der Waals surface area contributed by atoms with E-state index in [1.54, 1.807) is 0 Å². The van der Waals surface area contributed by atoms with Gasteiger partial charge in [-0.3, -0.25) is 9.59 Å². The van der Waals surface area contributed by atoms with Crippen LogP contribution >= 0.6 is 17.0 Å². The molecule has 1 aliphatic rings. The van der Waals surface area contributed by atoms with Gasteiger partial charge in [0.15, 0.2) is 18.2 Å². The Bertz CT molecular complexity index is 645. The second kappa shape index (κ2) is 7.63. The maximum absolute atomic E-state index is 12.1. The van der Waals surface area contributed by atoms with E-state index in [1.165, 1.54) is 25.1 Å². The highest BCUT2D eigenvalue weighted by Crippen LogP contribution is 2.26. The van der Waals surface area contributed by atoms with Gasteiger partial charge in [0.2, 0.25) is 11.8 Å². The number of hydrogen-bond donors (Lipinski definition) is 3. The van der Waals surface area contributed by atoms with Crippen molar-refractivity contribution in [1.82, 2.24) is 4.90 Å². The number of halogens is 1. The van der Waals surface area contributed by atoms with Crippen molar-refractivity contribution in [3.63, 3.8) is 0 Å². The molecule has 0 aromatic heterocycles. The summed E-state index contributed by atoms with van der Waals surface area (Å²) >= 11 is 0. The summed E-state index contributed by atoms with van der Waals surface area (Å²) in [6.07, 6.45) is 0.272. The molecule has 8 nitrogen and oxygen atoms in total. The molecule has 9 heteroatoms. The fourth-order valence-electron chi connectivity index (χ4n) is 2.23. The summed E-state index contributed by atoms with van der Waals surface area (Å²) in [5, 5.41) is 18.7. The molecule has 1 atom stereocenters. The summed E-state index contributed by atoms with van der Waals surface area (Å²) in [5.41, 5.74) is 5.03. The molecule has 1 heterocycles. The molecule has 1 aromatic carbocycles. The first-order chi connectivity index (χ1) is 10.7. The minimum atomic E-state index is -1.42. The number of esters is 1. The zero-order valence-corrected chi connectivity index (χ0v) is 14.7. The summed E-state index contributed by atoms with van der Waals surface area (Å²) in [5.74, 6) is -2.14. The van der Waals surface area contributed by atoms with E-state index in [4.69, 9.17) is 10.5 Å². The van der Waals surface area contributed by atoms with Crippen LogP contribution in [0.15, 0.2) is 18.2 Å². The van der Waals surface area contributed by atoms with E-state index in [2.05, 4.69) is 0 Å². The number of carbonyl (C=O) groups is 3. The molecule has 0 aliphatic carbocycles. The number of carbonyl (C=O) groups excluding carboxylic acids is 3. The third-order valence-corrected chi connectivity index (χ3v) is 3.56. The molecule has 0 spiro atoms. The van der Waals surface area contributed by atoms with Crippen LogP contribution in [0, 0.1) is 0 Å². The van der Waals surface area contributed by atoms with Crippen LogP contribution in [0.25, 0.3) is 0 Å². The Hall–Kier alpha value is -2.13. The van der Waals surface area contributed by atoms with Crippen LogP contribution in [0.3, 0.4) is 0 Å². The second-order valence-electron chi connectivity index (χ2n) is 5.69. The van der Waals surface area contributed by atoms with E-state index < -0.39 is 18.2 Å². The van der Waals surface area contributed by atoms with Crippen LogP contribution in [-0.2, 0) is 25.5 Å². The number of aromatic hydroxyl groups is 2. The SMILES string of the molecule is Br.C[C@](N)(Cc1ccc(O)c(O)c1)C(=O)OCN1C(=O)CCC1=O. The van der Waals surface area contributed by atoms with Crippen LogP contribution in [0.2, 0.25) is 0 Å². The number of amides is 2. The predicted octanol–water partition coefficient (Wildman–Crippen LogP) is 0.585. The fraction of sp³-hybridized carbons (Fsp3) is 0.400. The van der Waals surface area contributed by atoms with Crippen molar-refractivity contribution < 1.29 is 29.3 Å². The molecule has 4 N–H and O–H groups in total. The van der Waals surface area contributed by atoms with E-state index in [1.807, 2.05) is 0 Å². The standard InChI is InChI=1S/C15H18N2O6.BrH/c1-15(16,7-9-2-3-10(18)11(19)6-9)14(22)23-8-17-12(20)4-5-13(17)21;/h2-3,6,18-19H,4-5,7-8,16H2,1H3;1H/t15-;/m0./s1. The van der Waals surface area contributed by atoms with Crippen molar-refractivity contribution in [2.24, 2.45) is 5.73 Å². The molecule has 1 saturated heterocycles.